The molecule has 0 aliphatic rings. The second kappa shape index (κ2) is 10.2. The molecule has 0 saturated heterocycles. The summed E-state index contributed by atoms with van der Waals surface area (Å²) >= 11 is 0. The van der Waals surface area contributed by atoms with Crippen molar-refractivity contribution >= 4 is 65.0 Å². The van der Waals surface area contributed by atoms with Crippen LogP contribution in [0.25, 0.3) is 0 Å². The van der Waals surface area contributed by atoms with Crippen LogP contribution in [0.5, 0.6) is 0 Å². The molecule has 4 aromatic rings. The van der Waals surface area contributed by atoms with Crippen LogP contribution in [0.4, 0.5) is 34.9 Å². The Morgan fingerprint density at radius 2 is 0.615 bits per heavy atom. The van der Waals surface area contributed by atoms with Gasteiger partial charge >= 0.3 is 0 Å². The number of hydrogen-bond donors (Lipinski definition) is 6. The second-order valence-electron chi connectivity index (χ2n) is 7.83. The molecule has 0 saturated carbocycles. The molecule has 39 heavy (non-hydrogen) atoms. The van der Waals surface area contributed by atoms with Gasteiger partial charge in [0.25, 0.3) is 30.1 Å². The summed E-state index contributed by atoms with van der Waals surface area (Å²) in [6, 6.07) is 15.4. The number of nitrogens with one attached hydrogen (secondary N) is 3. The van der Waals surface area contributed by atoms with Crippen molar-refractivity contribution in [3.63, 3.8) is 0 Å². The number of anilines is 6. The van der Waals surface area contributed by atoms with E-state index in [1.54, 1.807) is 0 Å². The topological polar surface area (TPSA) is 255 Å². The number of hydrogen-bond acceptors (Lipinski definition) is 12. The van der Waals surface area contributed by atoms with Gasteiger partial charge in [0.2, 0.25) is 17.8 Å². The van der Waals surface area contributed by atoms with Crippen LogP contribution < -0.4 is 31.4 Å². The Morgan fingerprint density at radius 3 is 0.821 bits per heavy atom. The Kier molecular flexibility index (Phi) is 7.18. The van der Waals surface area contributed by atoms with Crippen molar-refractivity contribution in [3.8, 4) is 0 Å². The van der Waals surface area contributed by atoms with Gasteiger partial charge in [-0.3, -0.25) is 0 Å². The Hall–Kier alpha value is -4.68. The van der Waals surface area contributed by atoms with Crippen LogP contribution in [0.1, 0.15) is 0 Å². The molecule has 3 aromatic carbocycles. The normalized spacial score (nSPS) is 12.0. The quantitative estimate of drug-likeness (QED) is 0.149. The molecule has 0 unspecified atom stereocenters. The average Bonchev–Trinajstić information content (AvgIpc) is 2.84. The van der Waals surface area contributed by atoms with Gasteiger partial charge in [0.15, 0.2) is 0 Å². The monoisotopic (exact) mass is 591 g/mol. The van der Waals surface area contributed by atoms with Crippen LogP contribution in [0, 0.1) is 0 Å². The maximum atomic E-state index is 12.9. The minimum Gasteiger partial charge on any atom is -0.399 e. The lowest BCUT2D eigenvalue weighted by molar-refractivity contribution is 0.599. The molecule has 204 valence electrons. The highest BCUT2D eigenvalue weighted by Crippen LogP contribution is 2.21. The fourth-order valence-corrected chi connectivity index (χ4v) is 5.82. The fourth-order valence-electron chi connectivity index (χ4n) is 2.99. The molecule has 0 fully saturated rings. The van der Waals surface area contributed by atoms with Gasteiger partial charge in [-0.1, -0.05) is 0 Å². The van der Waals surface area contributed by atoms with Crippen LogP contribution in [0.2, 0.25) is 0 Å². The van der Waals surface area contributed by atoms with E-state index in [2.05, 4.69) is 29.1 Å². The van der Waals surface area contributed by atoms with Crippen molar-refractivity contribution < 1.29 is 25.3 Å². The molecule has 0 atom stereocenters. The lowest BCUT2D eigenvalue weighted by Gasteiger charge is -2.12. The number of sulfonamides is 3. The van der Waals surface area contributed by atoms with Crippen molar-refractivity contribution in [3.05, 3.63) is 72.8 Å². The summed E-state index contributed by atoms with van der Waals surface area (Å²) in [6.45, 7) is 0. The molecule has 0 bridgehead atoms. The third kappa shape index (κ3) is 6.61. The van der Waals surface area contributed by atoms with Gasteiger partial charge in [0.05, 0.1) is 14.7 Å². The molecule has 18 heteroatoms. The minimum absolute atomic E-state index is 0.217. The van der Waals surface area contributed by atoms with Crippen LogP contribution in [-0.2, 0) is 30.1 Å². The molecule has 0 radical (unpaired) electrons. The molecule has 4 rings (SSSR count). The number of rotatable bonds is 9. The maximum absolute atomic E-state index is 12.9. The molecule has 0 spiro atoms. The zero-order chi connectivity index (χ0) is 28.4. The third-order valence-corrected chi connectivity index (χ3v) is 8.92. The van der Waals surface area contributed by atoms with E-state index in [1.165, 1.54) is 72.8 Å². The van der Waals surface area contributed by atoms with Gasteiger partial charge in [-0.25, -0.2) is 39.4 Å². The first-order valence-corrected chi connectivity index (χ1v) is 15.1. The summed E-state index contributed by atoms with van der Waals surface area (Å²) < 4.78 is 83.4. The van der Waals surface area contributed by atoms with Crippen molar-refractivity contribution in [2.75, 3.05) is 31.4 Å². The number of nitrogens with zero attached hydrogens (tertiary/aromatic N) is 3. The van der Waals surface area contributed by atoms with Gasteiger partial charge < -0.3 is 17.2 Å². The van der Waals surface area contributed by atoms with Gasteiger partial charge in [-0.2, -0.15) is 15.0 Å². The van der Waals surface area contributed by atoms with Crippen LogP contribution in [0.15, 0.2) is 87.5 Å². The molecule has 1 heterocycles. The van der Waals surface area contributed by atoms with Crippen molar-refractivity contribution in [1.82, 2.24) is 15.0 Å². The Labute approximate surface area is 223 Å². The zero-order valence-electron chi connectivity index (χ0n) is 19.7. The van der Waals surface area contributed by atoms with Gasteiger partial charge in [-0.15, -0.1) is 0 Å². The Morgan fingerprint density at radius 1 is 0.410 bits per heavy atom. The lowest BCUT2D eigenvalue weighted by Crippen LogP contribution is -2.21. The number of aromatic nitrogens is 3. The summed E-state index contributed by atoms with van der Waals surface area (Å²) in [5, 5.41) is 0. The maximum Gasteiger partial charge on any atom is 0.264 e. The van der Waals surface area contributed by atoms with Crippen LogP contribution >= 0.6 is 0 Å². The van der Waals surface area contributed by atoms with E-state index in [-0.39, 0.29) is 14.7 Å². The highest BCUT2D eigenvalue weighted by Gasteiger charge is 2.23. The fraction of sp³-hybridized carbons (Fsp3) is 0. The molecule has 0 aliphatic heterocycles. The highest BCUT2D eigenvalue weighted by molar-refractivity contribution is 7.93. The smallest absolute Gasteiger partial charge is 0.264 e. The molecule has 1 aromatic heterocycles. The molecular weight excluding hydrogens is 570 g/mol. The predicted molar refractivity (Wildman–Crippen MR) is 145 cm³/mol. The van der Waals surface area contributed by atoms with E-state index in [0.717, 1.165) is 0 Å². The van der Waals surface area contributed by atoms with E-state index in [9.17, 15) is 25.3 Å². The van der Waals surface area contributed by atoms with Gasteiger partial charge in [0, 0.05) is 17.1 Å². The molecule has 9 N–H and O–H groups in total. The second-order valence-corrected chi connectivity index (χ2v) is 12.9. The number of nitrogens with two attached hydrogens (primary N) is 3. The Bertz CT molecular complexity index is 1600. The van der Waals surface area contributed by atoms with Crippen molar-refractivity contribution in [2.45, 2.75) is 14.7 Å². The Balaban J connectivity index is 1.74. The molecular formula is C21H21N9O6S3. The van der Waals surface area contributed by atoms with Crippen LogP contribution in [-0.4, -0.2) is 40.2 Å². The van der Waals surface area contributed by atoms with Crippen molar-refractivity contribution in [1.29, 1.82) is 0 Å². The minimum atomic E-state index is -4.31. The average molecular weight is 592 g/mol. The molecule has 15 nitrogen and oxygen atoms in total. The van der Waals surface area contributed by atoms with E-state index >= 15 is 0 Å². The SMILES string of the molecule is Nc1ccc(S(=O)(=O)Nc2nc(NS(=O)(=O)c3ccc(N)cc3)nc(NS(=O)(=O)c3ccc(N)cc3)n2)cc1. The van der Waals surface area contributed by atoms with Crippen molar-refractivity contribution in [2.24, 2.45) is 0 Å². The van der Waals surface area contributed by atoms with Gasteiger partial charge in [-0.05, 0) is 72.8 Å². The largest absolute Gasteiger partial charge is 0.399 e. The van der Waals surface area contributed by atoms with Gasteiger partial charge in [0.1, 0.15) is 0 Å². The first-order chi connectivity index (χ1) is 18.2. The summed E-state index contributed by atoms with van der Waals surface area (Å²) in [5.74, 6) is -2.06. The summed E-state index contributed by atoms with van der Waals surface area (Å²) in [5.41, 5.74) is 17.7. The van der Waals surface area contributed by atoms with E-state index in [4.69, 9.17) is 17.2 Å². The lowest BCUT2D eigenvalue weighted by atomic mass is 10.3. The highest BCUT2D eigenvalue weighted by atomic mass is 32.2. The first kappa shape index (κ1) is 27.4. The molecule has 0 amide bonds. The standard InChI is InChI=1S/C21H21N9O6S3/c22-13-1-7-16(8-2-13)37(31,32)28-19-25-20(29-38(33,34)17-9-3-14(23)4-10-17)27-21(26-19)30-39(35,36)18-11-5-15(24)6-12-18/h1-12H,22-24H2,(H3,25,26,27,28,29,30). The van der Waals surface area contributed by atoms with E-state index in [1.807, 2.05) is 0 Å². The molecule has 0 aliphatic carbocycles. The number of benzene rings is 3. The van der Waals surface area contributed by atoms with E-state index < -0.39 is 47.9 Å². The van der Waals surface area contributed by atoms with E-state index in [0.29, 0.717) is 17.1 Å². The third-order valence-electron chi connectivity index (χ3n) is 4.88. The summed E-state index contributed by atoms with van der Waals surface area (Å²) in [7, 11) is -12.9. The summed E-state index contributed by atoms with van der Waals surface area (Å²) in [6.07, 6.45) is 0. The predicted octanol–water partition coefficient (Wildman–Crippen LogP) is 1.02. The zero-order valence-corrected chi connectivity index (χ0v) is 22.1. The number of nitrogen functional groups attached to an aromatic ring is 3. The summed E-state index contributed by atoms with van der Waals surface area (Å²) in [4.78, 5) is 10.7. The first-order valence-electron chi connectivity index (χ1n) is 10.6. The van der Waals surface area contributed by atoms with Crippen LogP contribution in [0.3, 0.4) is 0 Å².